The van der Waals surface area contributed by atoms with E-state index in [0.717, 1.165) is 12.1 Å². The Morgan fingerprint density at radius 1 is 0.750 bits per heavy atom. The molecule has 3 N–H and O–H groups in total. The zero-order valence-corrected chi connectivity index (χ0v) is 24.6. The van der Waals surface area contributed by atoms with Gasteiger partial charge >= 0.3 is 70.8 Å². The van der Waals surface area contributed by atoms with Crippen molar-refractivity contribution in [1.82, 2.24) is 29.9 Å². The number of nitrogens with zero attached hydrogens (tertiary/aromatic N) is 6. The van der Waals surface area contributed by atoms with Gasteiger partial charge in [0.2, 0.25) is 17.2 Å². The molecule has 44 heavy (non-hydrogen) atoms. The molecule has 17 nitrogen and oxygen atoms in total. The van der Waals surface area contributed by atoms with E-state index in [-0.39, 0.29) is 111 Å². The van der Waals surface area contributed by atoms with E-state index in [4.69, 9.17) is 25.8 Å². The number of anilines is 4. The molecule has 0 aliphatic carbocycles. The first-order valence-corrected chi connectivity index (χ1v) is 14.7. The van der Waals surface area contributed by atoms with Crippen LogP contribution in [0.3, 0.4) is 0 Å². The van der Waals surface area contributed by atoms with Crippen LogP contribution in [-0.4, -0.2) is 129 Å². The molecule has 0 spiro atoms. The molecule has 228 valence electrons. The molecule has 2 aromatic carbocycles. The summed E-state index contributed by atoms with van der Waals surface area (Å²) in [6, 6.07) is 7.29. The molecule has 0 amide bonds. The van der Waals surface area contributed by atoms with Crippen LogP contribution in [0.2, 0.25) is 5.28 Å². The van der Waals surface area contributed by atoms with Gasteiger partial charge in [0.25, 0.3) is 10.1 Å². The molecule has 0 unspecified atom stereocenters. The molecule has 2 aromatic heterocycles. The van der Waals surface area contributed by atoms with Gasteiger partial charge < -0.3 is 29.4 Å². The quantitative estimate of drug-likeness (QED) is 0.116. The number of halogens is 1. The van der Waals surface area contributed by atoms with E-state index in [2.05, 4.69) is 40.5 Å². The Kier molecular flexibility index (Phi) is 11.9. The van der Waals surface area contributed by atoms with Crippen molar-refractivity contribution in [2.24, 2.45) is 0 Å². The summed E-state index contributed by atoms with van der Waals surface area (Å²) in [5.74, 6) is -0.139. The van der Waals surface area contributed by atoms with Crippen LogP contribution in [0.4, 0.5) is 23.3 Å². The maximum absolute atomic E-state index is 12.2. The molecule has 21 heteroatoms. The second-order valence-electron chi connectivity index (χ2n) is 8.06. The molecule has 0 radical (unpaired) electrons. The van der Waals surface area contributed by atoms with E-state index in [1.807, 2.05) is 0 Å². The number of benzene rings is 2. The van der Waals surface area contributed by atoms with Crippen LogP contribution in [-0.2, 0) is 20.2 Å². The Bertz CT molecular complexity index is 1920. The molecule has 0 aliphatic heterocycles. The van der Waals surface area contributed by atoms with Gasteiger partial charge in [-0.15, -0.1) is 4.98 Å². The molecule has 4 rings (SSSR count). The number of aromatic nitrogens is 6. The Labute approximate surface area is 299 Å². The third-order valence-electron chi connectivity index (χ3n) is 5.26. The molecule has 0 bridgehead atoms. The zero-order valence-electron chi connectivity index (χ0n) is 23.2. The molecule has 4 aromatic rings. The molecular weight excluding hydrogens is 671 g/mol. The second-order valence-corrected chi connectivity index (χ2v) is 11.1. The monoisotopic (exact) mass is 692 g/mol. The molecule has 0 fully saturated rings. The van der Waals surface area contributed by atoms with Crippen LogP contribution in [0.15, 0.2) is 46.2 Å². The van der Waals surface area contributed by atoms with E-state index in [1.54, 1.807) is 0 Å². The predicted octanol–water partition coefficient (Wildman–Crippen LogP) is 2.01. The first kappa shape index (κ1) is 35.4. The SMILES string of the molecule is COc1nc(Cl)nc(Nc2ccc(C=Cc3ccc(Nc4nc(OC)nc(OC)n4)cc3S(=O)(=O)[O-])c(S(=O)(=O)O)c2)n1.[H+].[KH]. The van der Waals surface area contributed by atoms with Gasteiger partial charge in [0.1, 0.15) is 15.0 Å². The fourth-order valence-electron chi connectivity index (χ4n) is 3.43. The van der Waals surface area contributed by atoms with E-state index in [0.29, 0.717) is 0 Å². The number of hydrogen-bond acceptors (Lipinski definition) is 16. The Morgan fingerprint density at radius 3 is 1.64 bits per heavy atom. The van der Waals surface area contributed by atoms with Crippen LogP contribution in [0.5, 0.6) is 18.0 Å². The van der Waals surface area contributed by atoms with Crippen LogP contribution in [0.1, 0.15) is 12.6 Å². The van der Waals surface area contributed by atoms with Crippen molar-refractivity contribution < 1.29 is 41.6 Å². The summed E-state index contributed by atoms with van der Waals surface area (Å²) in [6.07, 6.45) is 2.39. The predicted molar refractivity (Wildman–Crippen MR) is 159 cm³/mol. The van der Waals surface area contributed by atoms with Gasteiger partial charge in [-0.3, -0.25) is 4.55 Å². The number of ether oxygens (including phenoxy) is 3. The molecule has 0 saturated carbocycles. The molecule has 0 atom stereocenters. The number of rotatable bonds is 11. The minimum absolute atomic E-state index is 0. The summed E-state index contributed by atoms with van der Waals surface area (Å²) in [5.41, 5.74) is 0.131. The Balaban J connectivity index is 0.00000353. The van der Waals surface area contributed by atoms with Gasteiger partial charge in [-0.05, 0) is 47.0 Å². The summed E-state index contributed by atoms with van der Waals surface area (Å²) in [7, 11) is -5.87. The fourth-order valence-corrected chi connectivity index (χ4v) is 4.99. The first-order chi connectivity index (χ1) is 20.3. The summed E-state index contributed by atoms with van der Waals surface area (Å²) in [5, 5.41) is 5.26. The van der Waals surface area contributed by atoms with Gasteiger partial charge in [-0.2, -0.15) is 33.3 Å². The average Bonchev–Trinajstić information content (AvgIpc) is 2.95. The van der Waals surface area contributed by atoms with Crippen LogP contribution < -0.4 is 24.8 Å². The van der Waals surface area contributed by atoms with Gasteiger partial charge in [-0.1, -0.05) is 24.3 Å². The number of hydrogen-bond donors (Lipinski definition) is 3. The third kappa shape index (κ3) is 9.23. The van der Waals surface area contributed by atoms with E-state index in [1.165, 1.54) is 57.7 Å². The van der Waals surface area contributed by atoms with Gasteiger partial charge in [0, 0.05) is 11.4 Å². The topological polar surface area (TPSA) is 241 Å². The van der Waals surface area contributed by atoms with Crippen molar-refractivity contribution in [3.63, 3.8) is 0 Å². The van der Waals surface area contributed by atoms with Crippen molar-refractivity contribution in [2.75, 3.05) is 32.0 Å². The third-order valence-corrected chi connectivity index (χ3v) is 7.23. The van der Waals surface area contributed by atoms with Crippen molar-refractivity contribution >= 4 is 119 Å². The molecule has 0 saturated heterocycles. The first-order valence-electron chi connectivity index (χ1n) is 11.5. The summed E-state index contributed by atoms with van der Waals surface area (Å²) >= 11 is 5.83. The number of nitrogens with one attached hydrogen (secondary N) is 2. The van der Waals surface area contributed by atoms with E-state index < -0.39 is 30.0 Å². The van der Waals surface area contributed by atoms with Crippen molar-refractivity contribution in [3.8, 4) is 18.0 Å². The van der Waals surface area contributed by atoms with Crippen molar-refractivity contribution in [2.45, 2.75) is 9.79 Å². The standard InChI is InChI=1S/C23H21ClN8O9S2.K.H/c1-39-21-28-18(24)27-19(29-21)25-14-8-6-12(16(10-14)42(33,34)35)4-5-13-7-9-15(11-17(13)43(36,37)38)26-20-30-22(40-2)32-23(31-20)41-3;;/h4-11H,1-3H3,(H,33,34,35)(H,36,37,38)(H,25,27,28,29)(H,26,30,31,32);;. The normalized spacial score (nSPS) is 11.5. The molecule has 2 heterocycles. The van der Waals surface area contributed by atoms with Crippen LogP contribution >= 0.6 is 11.6 Å². The van der Waals surface area contributed by atoms with Crippen molar-refractivity contribution in [3.05, 3.63) is 52.8 Å². The summed E-state index contributed by atoms with van der Waals surface area (Å²) < 4.78 is 85.4. The second kappa shape index (κ2) is 14.8. The van der Waals surface area contributed by atoms with Gasteiger partial charge in [0.15, 0.2) is 0 Å². The minimum atomic E-state index is -5.03. The fraction of sp³-hybridized carbons (Fsp3) is 0.130. The van der Waals surface area contributed by atoms with E-state index in [9.17, 15) is 25.9 Å². The van der Waals surface area contributed by atoms with Gasteiger partial charge in [-0.25, -0.2) is 8.42 Å². The van der Waals surface area contributed by atoms with Crippen LogP contribution in [0.25, 0.3) is 12.2 Å². The van der Waals surface area contributed by atoms with Gasteiger partial charge in [0.05, 0.1) is 26.2 Å². The summed E-state index contributed by atoms with van der Waals surface area (Å²) in [6.45, 7) is 0. The average molecular weight is 693 g/mol. The van der Waals surface area contributed by atoms with E-state index >= 15 is 0 Å². The van der Waals surface area contributed by atoms with Crippen molar-refractivity contribution in [1.29, 1.82) is 0 Å². The zero-order chi connectivity index (χ0) is 31.4. The summed E-state index contributed by atoms with van der Waals surface area (Å²) in [4.78, 5) is 22.1. The maximum atomic E-state index is 12.2. The Hall–Kier alpha value is -3.05. The molecule has 0 aliphatic rings. The number of methoxy groups -OCH3 is 3. The molecular formula is C23H22ClKN8O9S2. The van der Waals surface area contributed by atoms with Crippen LogP contribution in [0, 0.1) is 0 Å². The Morgan fingerprint density at radius 2 is 1.18 bits per heavy atom.